The van der Waals surface area contributed by atoms with Crippen LogP contribution in [0.2, 0.25) is 0 Å². The Hall–Kier alpha value is -6.31. The zero-order valence-electron chi connectivity index (χ0n) is 25.2. The molecule has 1 saturated carbocycles. The van der Waals surface area contributed by atoms with Gasteiger partial charge in [-0.1, -0.05) is 0 Å². The van der Waals surface area contributed by atoms with E-state index in [9.17, 15) is 18.4 Å². The van der Waals surface area contributed by atoms with Crippen molar-refractivity contribution in [3.63, 3.8) is 0 Å². The second kappa shape index (κ2) is 11.8. The van der Waals surface area contributed by atoms with E-state index in [0.717, 1.165) is 75.0 Å². The van der Waals surface area contributed by atoms with Crippen molar-refractivity contribution in [2.45, 2.75) is 25.8 Å². The molecule has 7 heterocycles. The van der Waals surface area contributed by atoms with Gasteiger partial charge in [0.25, 0.3) is 11.8 Å². The van der Waals surface area contributed by atoms with Crippen LogP contribution in [0.5, 0.6) is 0 Å². The van der Waals surface area contributed by atoms with Crippen molar-refractivity contribution < 1.29 is 18.4 Å². The molecule has 0 radical (unpaired) electrons. The van der Waals surface area contributed by atoms with E-state index in [1.165, 1.54) is 0 Å². The minimum absolute atomic E-state index is 0.00640. The number of anilines is 4. The van der Waals surface area contributed by atoms with Gasteiger partial charge in [0.15, 0.2) is 34.6 Å². The average molecular weight is 674 g/mol. The predicted octanol–water partition coefficient (Wildman–Crippen LogP) is 3.10. The summed E-state index contributed by atoms with van der Waals surface area (Å²) >= 11 is 1.15. The molecule has 7 aromatic rings. The zero-order chi connectivity index (χ0) is 33.7. The minimum Gasteiger partial charge on any atom is -0.381 e. The summed E-state index contributed by atoms with van der Waals surface area (Å²) < 4.78 is 36.6. The molecule has 20 heteroatoms. The number of nitrogen functional groups attached to an aromatic ring is 2. The predicted molar refractivity (Wildman–Crippen MR) is 170 cm³/mol. The van der Waals surface area contributed by atoms with E-state index < -0.39 is 23.4 Å². The topological polar surface area (TPSA) is 219 Å². The van der Waals surface area contributed by atoms with Crippen LogP contribution in [0.25, 0.3) is 22.4 Å². The van der Waals surface area contributed by atoms with Gasteiger partial charge in [-0.05, 0) is 31.3 Å². The van der Waals surface area contributed by atoms with Gasteiger partial charge in [0.05, 0.1) is 49.2 Å². The van der Waals surface area contributed by atoms with Crippen LogP contribution in [0.1, 0.15) is 45.3 Å². The van der Waals surface area contributed by atoms with Crippen LogP contribution in [0.3, 0.4) is 0 Å². The van der Waals surface area contributed by atoms with Gasteiger partial charge in [-0.2, -0.15) is 9.47 Å². The second-order valence-corrected chi connectivity index (χ2v) is 11.6. The molecule has 48 heavy (non-hydrogen) atoms. The first-order valence-electron chi connectivity index (χ1n) is 14.3. The van der Waals surface area contributed by atoms with Crippen LogP contribution in [0.4, 0.5) is 31.2 Å². The summed E-state index contributed by atoms with van der Waals surface area (Å²) in [5.41, 5.74) is 14.6. The highest BCUT2D eigenvalue weighted by Crippen LogP contribution is 2.37. The lowest BCUT2D eigenvalue weighted by Gasteiger charge is -2.07. The lowest BCUT2D eigenvalue weighted by Crippen LogP contribution is -2.16. The SMILES string of the molecule is Cc1nsc(NC(=O)c2c(N)nn3cc(F)cnc23)c1-c1cnn(C)c1.Nc1nn2cc(F)cnc2c1C(=O)Nc1cncn1C1CC1. The summed E-state index contributed by atoms with van der Waals surface area (Å²) in [5.74, 6) is -1.54. The minimum atomic E-state index is -0.580. The summed E-state index contributed by atoms with van der Waals surface area (Å²) in [6.07, 6.45) is 13.2. The first-order chi connectivity index (χ1) is 23.1. The molecule has 7 aromatic heterocycles. The highest BCUT2D eigenvalue weighted by molar-refractivity contribution is 7.11. The maximum absolute atomic E-state index is 13.3. The number of hydrogen-bond donors (Lipinski definition) is 4. The smallest absolute Gasteiger partial charge is 0.264 e. The van der Waals surface area contributed by atoms with Crippen molar-refractivity contribution in [2.75, 3.05) is 22.1 Å². The number of nitrogens with zero attached hydrogens (tertiary/aromatic N) is 11. The number of rotatable bonds is 6. The van der Waals surface area contributed by atoms with Gasteiger partial charge in [0.1, 0.15) is 21.9 Å². The molecule has 2 amide bonds. The first-order valence-corrected chi connectivity index (χ1v) is 15.0. The number of carbonyl (C=O) groups excluding carboxylic acids is 2. The highest BCUT2D eigenvalue weighted by atomic mass is 32.1. The van der Waals surface area contributed by atoms with Crippen LogP contribution in [0, 0.1) is 18.6 Å². The van der Waals surface area contributed by atoms with E-state index >= 15 is 0 Å². The van der Waals surface area contributed by atoms with E-state index in [1.54, 1.807) is 30.5 Å². The van der Waals surface area contributed by atoms with Crippen LogP contribution < -0.4 is 22.1 Å². The van der Waals surface area contributed by atoms with Gasteiger partial charge in [-0.15, -0.1) is 10.2 Å². The Labute approximate surface area is 272 Å². The fraction of sp³-hybridized carbons (Fsp3) is 0.179. The summed E-state index contributed by atoms with van der Waals surface area (Å²) in [5, 5.41) is 18.1. The number of imidazole rings is 1. The number of aromatic nitrogens is 11. The number of nitrogens with two attached hydrogens (primary N) is 2. The molecule has 244 valence electrons. The van der Waals surface area contributed by atoms with Gasteiger partial charge < -0.3 is 26.7 Å². The van der Waals surface area contributed by atoms with Crippen LogP contribution in [-0.2, 0) is 7.05 Å². The van der Waals surface area contributed by atoms with E-state index in [0.29, 0.717) is 16.9 Å². The number of amides is 2. The molecule has 6 N–H and O–H groups in total. The standard InChI is InChI=1S/C15H13FN8OS.C13H12FN7O/c1-7-10(8-3-19-23(2)5-8)15(26-22-7)20-14(25)11-12(17)21-24-6-9(16)4-18-13(11)24;14-7-3-17-12-10(11(15)19-21(12)5-7)13(22)18-9-4-16-6-20(9)8-1-2-8/h3-6H,1-2H3,(H2,17,21)(H,20,25);3-6,8H,1-2H2,(H2,15,19)(H,18,22). The Morgan fingerprint density at radius 3 is 2.06 bits per heavy atom. The number of fused-ring (bicyclic) bond motifs is 2. The zero-order valence-corrected chi connectivity index (χ0v) is 26.0. The normalized spacial score (nSPS) is 12.7. The lowest BCUT2D eigenvalue weighted by molar-refractivity contribution is 0.102. The van der Waals surface area contributed by atoms with Gasteiger partial charge in [0, 0.05) is 30.4 Å². The van der Waals surface area contributed by atoms with E-state index in [4.69, 9.17) is 11.5 Å². The van der Waals surface area contributed by atoms with Crippen molar-refractivity contribution in [1.82, 2.24) is 52.9 Å². The van der Waals surface area contributed by atoms with Crippen LogP contribution in [0.15, 0.2) is 49.7 Å². The quantitative estimate of drug-likeness (QED) is 0.201. The molecule has 1 aliphatic carbocycles. The third-order valence-electron chi connectivity index (χ3n) is 7.32. The van der Waals surface area contributed by atoms with Crippen molar-refractivity contribution >= 4 is 57.1 Å². The highest BCUT2D eigenvalue weighted by Gasteiger charge is 2.27. The molecule has 0 aromatic carbocycles. The fourth-order valence-electron chi connectivity index (χ4n) is 5.03. The monoisotopic (exact) mass is 673 g/mol. The summed E-state index contributed by atoms with van der Waals surface area (Å²) in [6, 6.07) is 0.381. The third-order valence-corrected chi connectivity index (χ3v) is 8.18. The summed E-state index contributed by atoms with van der Waals surface area (Å²) in [7, 11) is 1.81. The van der Waals surface area contributed by atoms with Crippen molar-refractivity contribution in [3.8, 4) is 11.1 Å². The first kappa shape index (κ1) is 30.3. The fourth-order valence-corrected chi connectivity index (χ4v) is 5.84. The molecule has 0 aliphatic heterocycles. The molecular weight excluding hydrogens is 648 g/mol. The molecule has 0 saturated heterocycles. The van der Waals surface area contributed by atoms with E-state index in [2.05, 4.69) is 45.3 Å². The average Bonchev–Trinajstić information content (AvgIpc) is 3.34. The number of carbonyl (C=O) groups is 2. The Kier molecular flexibility index (Phi) is 7.46. The molecule has 1 aliphatic rings. The van der Waals surface area contributed by atoms with Gasteiger partial charge in [-0.25, -0.2) is 32.8 Å². The lowest BCUT2D eigenvalue weighted by atomic mass is 10.1. The molecule has 8 rings (SSSR count). The van der Waals surface area contributed by atoms with Gasteiger partial charge in [0.2, 0.25) is 0 Å². The number of hydrogen-bond acceptors (Lipinski definition) is 12. The van der Waals surface area contributed by atoms with Gasteiger partial charge in [-0.3, -0.25) is 14.3 Å². The second-order valence-electron chi connectivity index (χ2n) is 10.8. The molecule has 0 unspecified atom stereocenters. The number of halogens is 2. The molecule has 0 spiro atoms. The third kappa shape index (κ3) is 5.63. The maximum Gasteiger partial charge on any atom is 0.264 e. The van der Waals surface area contributed by atoms with Gasteiger partial charge >= 0.3 is 0 Å². The van der Waals surface area contributed by atoms with Crippen LogP contribution >= 0.6 is 11.5 Å². The van der Waals surface area contributed by atoms with E-state index in [1.807, 2.05) is 17.7 Å². The van der Waals surface area contributed by atoms with Crippen molar-refractivity contribution in [1.29, 1.82) is 0 Å². The van der Waals surface area contributed by atoms with Crippen LogP contribution in [-0.4, -0.2) is 64.7 Å². The summed E-state index contributed by atoms with van der Waals surface area (Å²) in [6.45, 7) is 1.85. The molecule has 0 atom stereocenters. The summed E-state index contributed by atoms with van der Waals surface area (Å²) in [4.78, 5) is 37.1. The molecule has 0 bridgehead atoms. The number of nitrogens with one attached hydrogen (secondary N) is 2. The number of aryl methyl sites for hydroxylation is 2. The van der Waals surface area contributed by atoms with Crippen molar-refractivity contribution in [2.24, 2.45) is 7.05 Å². The molecular formula is C28H25F2N15O2S. The molecule has 1 fully saturated rings. The Morgan fingerprint density at radius 1 is 0.896 bits per heavy atom. The van der Waals surface area contributed by atoms with E-state index in [-0.39, 0.29) is 34.1 Å². The largest absolute Gasteiger partial charge is 0.381 e. The Morgan fingerprint density at radius 2 is 1.50 bits per heavy atom. The Balaban J connectivity index is 0.000000154. The maximum atomic E-state index is 13.3. The van der Waals surface area contributed by atoms with Crippen molar-refractivity contribution in [3.05, 3.63) is 78.2 Å². The molecule has 17 nitrogen and oxygen atoms in total. The Bertz CT molecular complexity index is 2350.